The highest BCUT2D eigenvalue weighted by atomic mass is 79.9. The van der Waals surface area contributed by atoms with Crippen molar-refractivity contribution in [1.29, 1.82) is 0 Å². The summed E-state index contributed by atoms with van der Waals surface area (Å²) >= 11 is 2.94. The number of thioether (sulfide) groups is 1. The summed E-state index contributed by atoms with van der Waals surface area (Å²) in [7, 11) is 0. The van der Waals surface area contributed by atoms with E-state index in [0.717, 1.165) is 0 Å². The second-order valence-electron chi connectivity index (χ2n) is 1.92. The van der Waals surface area contributed by atoms with Gasteiger partial charge >= 0.3 is 5.51 Å². The first kappa shape index (κ1) is 9.92. The molecular weight excluding hydrogens is 253 g/mol. The van der Waals surface area contributed by atoms with Gasteiger partial charge in [0.2, 0.25) is 0 Å². The van der Waals surface area contributed by atoms with Crippen LogP contribution in [0, 0.1) is 6.07 Å². The van der Waals surface area contributed by atoms with Crippen LogP contribution < -0.4 is 0 Å². The van der Waals surface area contributed by atoms with Crippen molar-refractivity contribution in [3.63, 3.8) is 0 Å². The van der Waals surface area contributed by atoms with Gasteiger partial charge in [-0.2, -0.15) is 13.2 Å². The SMILES string of the molecule is FC(F)(F)Sc1[c]cc(Br)cc1. The van der Waals surface area contributed by atoms with Crippen LogP contribution in [0.1, 0.15) is 0 Å². The molecule has 0 heterocycles. The summed E-state index contributed by atoms with van der Waals surface area (Å²) in [6.45, 7) is 0. The Morgan fingerprint density at radius 2 is 2.00 bits per heavy atom. The Morgan fingerprint density at radius 3 is 2.42 bits per heavy atom. The van der Waals surface area contributed by atoms with E-state index < -0.39 is 5.51 Å². The van der Waals surface area contributed by atoms with Gasteiger partial charge in [-0.15, -0.1) is 0 Å². The van der Waals surface area contributed by atoms with Gasteiger partial charge in [-0.1, -0.05) is 15.9 Å². The van der Waals surface area contributed by atoms with Crippen molar-refractivity contribution in [3.05, 3.63) is 28.7 Å². The fourth-order valence-electron chi connectivity index (χ4n) is 0.580. The zero-order valence-corrected chi connectivity index (χ0v) is 8.05. The second kappa shape index (κ2) is 3.70. The van der Waals surface area contributed by atoms with Gasteiger partial charge in [0.1, 0.15) is 0 Å². The molecule has 0 saturated heterocycles. The highest BCUT2D eigenvalue weighted by Gasteiger charge is 2.28. The van der Waals surface area contributed by atoms with Crippen LogP contribution in [-0.2, 0) is 0 Å². The lowest BCUT2D eigenvalue weighted by atomic mass is 10.4. The average molecular weight is 256 g/mol. The quantitative estimate of drug-likeness (QED) is 0.687. The van der Waals surface area contributed by atoms with E-state index in [1.165, 1.54) is 12.1 Å². The van der Waals surface area contributed by atoms with Gasteiger partial charge in [0, 0.05) is 9.37 Å². The van der Waals surface area contributed by atoms with Crippen LogP contribution in [0.4, 0.5) is 13.2 Å². The summed E-state index contributed by atoms with van der Waals surface area (Å²) in [5, 5.41) is 0. The molecule has 0 aliphatic heterocycles. The van der Waals surface area contributed by atoms with E-state index in [-0.39, 0.29) is 16.7 Å². The smallest absolute Gasteiger partial charge is 0.160 e. The van der Waals surface area contributed by atoms with Gasteiger partial charge in [-0.25, -0.2) is 0 Å². The number of rotatable bonds is 1. The molecule has 5 heteroatoms. The van der Waals surface area contributed by atoms with Crippen LogP contribution >= 0.6 is 27.7 Å². The fourth-order valence-corrected chi connectivity index (χ4v) is 1.33. The van der Waals surface area contributed by atoms with Crippen molar-refractivity contribution < 1.29 is 13.2 Å². The number of hydrogen-bond donors (Lipinski definition) is 0. The highest BCUT2D eigenvalue weighted by Crippen LogP contribution is 2.36. The zero-order chi connectivity index (χ0) is 9.19. The number of alkyl halides is 3. The summed E-state index contributed by atoms with van der Waals surface area (Å²) < 4.78 is 36.0. The van der Waals surface area contributed by atoms with Crippen molar-refractivity contribution in [2.45, 2.75) is 10.4 Å². The lowest BCUT2D eigenvalue weighted by Crippen LogP contribution is -1.98. The predicted octanol–water partition coefficient (Wildman–Crippen LogP) is 3.86. The molecule has 0 aromatic heterocycles. The highest BCUT2D eigenvalue weighted by molar-refractivity contribution is 9.10. The molecule has 1 rings (SSSR count). The molecule has 0 fully saturated rings. The summed E-state index contributed by atoms with van der Waals surface area (Å²) in [4.78, 5) is 0.0747. The molecule has 0 saturated carbocycles. The summed E-state index contributed by atoms with van der Waals surface area (Å²) in [5.41, 5.74) is -4.23. The maximum Gasteiger partial charge on any atom is 0.446 e. The first-order valence-electron chi connectivity index (χ1n) is 2.90. The van der Waals surface area contributed by atoms with E-state index in [9.17, 15) is 13.2 Å². The minimum Gasteiger partial charge on any atom is -0.160 e. The molecule has 0 N–H and O–H groups in total. The Bertz CT molecular complexity index is 254. The Kier molecular flexibility index (Phi) is 3.06. The molecule has 12 heavy (non-hydrogen) atoms. The van der Waals surface area contributed by atoms with Gasteiger partial charge < -0.3 is 0 Å². The Balaban J connectivity index is 2.71. The topological polar surface area (TPSA) is 0 Å². The Morgan fingerprint density at radius 1 is 1.33 bits per heavy atom. The molecule has 1 radical (unpaired) electrons. The molecule has 0 spiro atoms. The average Bonchev–Trinajstić information content (AvgIpc) is 1.91. The van der Waals surface area contributed by atoms with Gasteiger partial charge in [0.05, 0.1) is 0 Å². The Hall–Kier alpha value is -0.160. The van der Waals surface area contributed by atoms with Crippen LogP contribution in [0.5, 0.6) is 0 Å². The first-order valence-corrected chi connectivity index (χ1v) is 4.51. The lowest BCUT2D eigenvalue weighted by molar-refractivity contribution is -0.0328. The van der Waals surface area contributed by atoms with Crippen molar-refractivity contribution in [2.75, 3.05) is 0 Å². The molecule has 0 atom stereocenters. The normalized spacial score (nSPS) is 11.7. The van der Waals surface area contributed by atoms with E-state index in [4.69, 9.17) is 0 Å². The lowest BCUT2D eigenvalue weighted by Gasteiger charge is -2.03. The third kappa shape index (κ3) is 3.49. The van der Waals surface area contributed by atoms with Crippen LogP contribution in [0.2, 0.25) is 0 Å². The third-order valence-corrected chi connectivity index (χ3v) is 2.17. The van der Waals surface area contributed by atoms with Gasteiger partial charge in [-0.05, 0) is 36.0 Å². The van der Waals surface area contributed by atoms with Gasteiger partial charge in [0.25, 0.3) is 0 Å². The molecule has 65 valence electrons. The molecule has 0 unspecified atom stereocenters. The summed E-state index contributed by atoms with van der Waals surface area (Å²) in [6, 6.07) is 6.85. The maximum atomic E-state index is 11.8. The molecular formula is C7H3BrF3S. The molecule has 0 bridgehead atoms. The molecule has 0 aliphatic carbocycles. The second-order valence-corrected chi connectivity index (χ2v) is 3.94. The van der Waals surface area contributed by atoms with Crippen LogP contribution in [0.15, 0.2) is 27.6 Å². The van der Waals surface area contributed by atoms with Crippen molar-refractivity contribution >= 4 is 27.7 Å². The third-order valence-electron chi connectivity index (χ3n) is 0.972. The van der Waals surface area contributed by atoms with Gasteiger partial charge in [0.15, 0.2) is 0 Å². The predicted molar refractivity (Wildman–Crippen MR) is 44.9 cm³/mol. The van der Waals surface area contributed by atoms with Crippen molar-refractivity contribution in [1.82, 2.24) is 0 Å². The zero-order valence-electron chi connectivity index (χ0n) is 5.65. The molecule has 1 aromatic carbocycles. The van der Waals surface area contributed by atoms with E-state index in [1.807, 2.05) is 0 Å². The molecule has 0 aliphatic rings. The fraction of sp³-hybridized carbons (Fsp3) is 0.143. The summed E-state index contributed by atoms with van der Waals surface area (Å²) in [6.07, 6.45) is 0. The minimum atomic E-state index is -4.23. The number of halogens is 4. The Labute approximate surface area is 80.3 Å². The van der Waals surface area contributed by atoms with Crippen molar-refractivity contribution in [3.8, 4) is 0 Å². The molecule has 1 aromatic rings. The molecule has 0 amide bonds. The monoisotopic (exact) mass is 255 g/mol. The van der Waals surface area contributed by atoms with E-state index in [1.54, 1.807) is 6.07 Å². The number of benzene rings is 1. The van der Waals surface area contributed by atoms with E-state index >= 15 is 0 Å². The summed E-state index contributed by atoms with van der Waals surface area (Å²) in [5.74, 6) is 0. The van der Waals surface area contributed by atoms with Crippen LogP contribution in [0.3, 0.4) is 0 Å². The number of hydrogen-bond acceptors (Lipinski definition) is 1. The minimum absolute atomic E-state index is 0.0747. The van der Waals surface area contributed by atoms with Gasteiger partial charge in [-0.3, -0.25) is 0 Å². The van der Waals surface area contributed by atoms with E-state index in [0.29, 0.717) is 4.47 Å². The largest absolute Gasteiger partial charge is 0.446 e. The first-order chi connectivity index (χ1) is 5.47. The van der Waals surface area contributed by atoms with Crippen LogP contribution in [0.25, 0.3) is 0 Å². The maximum absolute atomic E-state index is 11.8. The van der Waals surface area contributed by atoms with Crippen molar-refractivity contribution in [2.24, 2.45) is 0 Å². The van der Waals surface area contributed by atoms with Crippen LogP contribution in [-0.4, -0.2) is 5.51 Å². The molecule has 0 nitrogen and oxygen atoms in total. The van der Waals surface area contributed by atoms with E-state index in [2.05, 4.69) is 22.0 Å². The standard InChI is InChI=1S/C7H3BrF3S/c8-5-1-3-6(4-2-5)12-7(9,10)11/h1-3H.